The fourth-order valence-corrected chi connectivity index (χ4v) is 2.77. The summed E-state index contributed by atoms with van der Waals surface area (Å²) in [6, 6.07) is 4.52. The highest BCUT2D eigenvalue weighted by Crippen LogP contribution is 2.22. The first-order valence-electron chi connectivity index (χ1n) is 6.99. The Morgan fingerprint density at radius 3 is 2.32 bits per heavy atom. The van der Waals surface area contributed by atoms with Gasteiger partial charge in [-0.05, 0) is 69.0 Å². The number of carbonyl (C=O) groups is 1. The van der Waals surface area contributed by atoms with Crippen LogP contribution in [0, 0.1) is 26.7 Å². The smallest absolute Gasteiger partial charge is 0.306 e. The molecule has 1 N–H and O–H groups in total. The number of piperidine rings is 1. The van der Waals surface area contributed by atoms with Gasteiger partial charge in [0.2, 0.25) is 0 Å². The number of aliphatic carboxylic acids is 1. The van der Waals surface area contributed by atoms with Crippen LogP contribution in [0.1, 0.15) is 35.1 Å². The molecule has 1 aliphatic heterocycles. The summed E-state index contributed by atoms with van der Waals surface area (Å²) in [5.41, 5.74) is 5.38. The van der Waals surface area contributed by atoms with Gasteiger partial charge < -0.3 is 5.11 Å². The van der Waals surface area contributed by atoms with Crippen LogP contribution in [0.15, 0.2) is 12.1 Å². The minimum absolute atomic E-state index is 0.142. The van der Waals surface area contributed by atoms with Crippen LogP contribution < -0.4 is 0 Å². The van der Waals surface area contributed by atoms with Gasteiger partial charge in [0.25, 0.3) is 0 Å². The van der Waals surface area contributed by atoms with E-state index in [2.05, 4.69) is 37.8 Å². The predicted octanol–water partition coefficient (Wildman–Crippen LogP) is 2.91. The van der Waals surface area contributed by atoms with Crippen molar-refractivity contribution in [2.75, 3.05) is 13.1 Å². The second-order valence-electron chi connectivity index (χ2n) is 5.75. The van der Waals surface area contributed by atoms with Gasteiger partial charge in [0.05, 0.1) is 5.92 Å². The molecule has 0 saturated carbocycles. The molecule has 0 aromatic heterocycles. The lowest BCUT2D eigenvalue weighted by Gasteiger charge is -2.30. The Hall–Kier alpha value is -1.35. The largest absolute Gasteiger partial charge is 0.481 e. The molecule has 1 aliphatic rings. The molecule has 0 atom stereocenters. The summed E-state index contributed by atoms with van der Waals surface area (Å²) in [6.07, 6.45) is 1.55. The van der Waals surface area contributed by atoms with Crippen LogP contribution in [0.25, 0.3) is 0 Å². The Labute approximate surface area is 115 Å². The minimum atomic E-state index is -0.637. The number of hydrogen-bond donors (Lipinski definition) is 1. The topological polar surface area (TPSA) is 40.5 Å². The lowest BCUT2D eigenvalue weighted by molar-refractivity contribution is -0.143. The Morgan fingerprint density at radius 2 is 1.74 bits per heavy atom. The summed E-state index contributed by atoms with van der Waals surface area (Å²) >= 11 is 0. The van der Waals surface area contributed by atoms with Gasteiger partial charge in [-0.15, -0.1) is 0 Å². The van der Waals surface area contributed by atoms with Crippen LogP contribution in [-0.4, -0.2) is 29.1 Å². The zero-order chi connectivity index (χ0) is 14.0. The maximum absolute atomic E-state index is 10.9. The summed E-state index contributed by atoms with van der Waals surface area (Å²) in [7, 11) is 0. The number of aryl methyl sites for hydroxylation is 3. The van der Waals surface area contributed by atoms with Crippen molar-refractivity contribution in [2.45, 2.75) is 40.2 Å². The summed E-state index contributed by atoms with van der Waals surface area (Å²) in [5, 5.41) is 9.01. The first-order chi connectivity index (χ1) is 8.97. The second-order valence-corrected chi connectivity index (χ2v) is 5.75. The average Bonchev–Trinajstić information content (AvgIpc) is 2.36. The molecule has 0 radical (unpaired) electrons. The molecule has 104 valence electrons. The highest BCUT2D eigenvalue weighted by molar-refractivity contribution is 5.70. The standard InChI is InChI=1S/C16H23NO2/c1-11-8-13(3)15(9-12(11)2)10-17-6-4-14(5-7-17)16(18)19/h8-9,14H,4-7,10H2,1-3H3,(H,18,19). The normalized spacial score (nSPS) is 17.6. The van der Waals surface area contributed by atoms with E-state index in [-0.39, 0.29) is 5.92 Å². The van der Waals surface area contributed by atoms with E-state index in [1.807, 2.05) is 0 Å². The number of likely N-dealkylation sites (tertiary alicyclic amines) is 1. The third-order valence-corrected chi connectivity index (χ3v) is 4.28. The van der Waals surface area contributed by atoms with E-state index in [9.17, 15) is 4.79 Å². The zero-order valence-electron chi connectivity index (χ0n) is 12.1. The number of rotatable bonds is 3. The van der Waals surface area contributed by atoms with Gasteiger partial charge in [0.1, 0.15) is 0 Å². The maximum atomic E-state index is 10.9. The summed E-state index contributed by atoms with van der Waals surface area (Å²) in [6.45, 7) is 9.18. The van der Waals surface area contributed by atoms with Crippen molar-refractivity contribution >= 4 is 5.97 Å². The molecule has 0 spiro atoms. The predicted molar refractivity (Wildman–Crippen MR) is 76.3 cm³/mol. The van der Waals surface area contributed by atoms with E-state index in [0.717, 1.165) is 32.5 Å². The SMILES string of the molecule is Cc1cc(C)c(CN2CCC(C(=O)O)CC2)cc1C. The van der Waals surface area contributed by atoms with E-state index in [1.54, 1.807) is 0 Å². The van der Waals surface area contributed by atoms with Crippen molar-refractivity contribution in [3.05, 3.63) is 34.4 Å². The van der Waals surface area contributed by atoms with E-state index in [0.29, 0.717) is 0 Å². The third-order valence-electron chi connectivity index (χ3n) is 4.28. The molecule has 2 rings (SSSR count). The second kappa shape index (κ2) is 5.74. The lowest BCUT2D eigenvalue weighted by atomic mass is 9.95. The Bertz CT molecular complexity index is 474. The molecular formula is C16H23NO2. The molecule has 1 saturated heterocycles. The number of nitrogens with zero attached hydrogens (tertiary/aromatic N) is 1. The molecule has 0 amide bonds. The van der Waals surface area contributed by atoms with Gasteiger partial charge in [0.15, 0.2) is 0 Å². The summed E-state index contributed by atoms with van der Waals surface area (Å²) < 4.78 is 0. The fourth-order valence-electron chi connectivity index (χ4n) is 2.77. The third kappa shape index (κ3) is 3.35. The summed E-state index contributed by atoms with van der Waals surface area (Å²) in [4.78, 5) is 13.3. The van der Waals surface area contributed by atoms with E-state index in [4.69, 9.17) is 5.11 Å². The van der Waals surface area contributed by atoms with Gasteiger partial charge in [0, 0.05) is 6.54 Å². The molecule has 0 bridgehead atoms. The molecule has 0 aliphatic carbocycles. The molecule has 3 heteroatoms. The Kier molecular flexibility index (Phi) is 4.25. The Balaban J connectivity index is 1.99. The molecule has 1 aromatic carbocycles. The van der Waals surface area contributed by atoms with Crippen molar-refractivity contribution in [2.24, 2.45) is 5.92 Å². The number of benzene rings is 1. The molecular weight excluding hydrogens is 238 g/mol. The highest BCUT2D eigenvalue weighted by atomic mass is 16.4. The summed E-state index contributed by atoms with van der Waals surface area (Å²) in [5.74, 6) is -0.779. The van der Waals surface area contributed by atoms with E-state index in [1.165, 1.54) is 22.3 Å². The number of hydrogen-bond acceptors (Lipinski definition) is 2. The van der Waals surface area contributed by atoms with Gasteiger partial charge >= 0.3 is 5.97 Å². The molecule has 1 aromatic rings. The van der Waals surface area contributed by atoms with Gasteiger partial charge in [-0.2, -0.15) is 0 Å². The molecule has 1 heterocycles. The van der Waals surface area contributed by atoms with E-state index >= 15 is 0 Å². The fraction of sp³-hybridized carbons (Fsp3) is 0.562. The first kappa shape index (κ1) is 14.1. The molecule has 0 unspecified atom stereocenters. The average molecular weight is 261 g/mol. The van der Waals surface area contributed by atoms with Gasteiger partial charge in [-0.1, -0.05) is 12.1 Å². The lowest BCUT2D eigenvalue weighted by Crippen LogP contribution is -2.36. The number of carboxylic acids is 1. The van der Waals surface area contributed by atoms with Crippen LogP contribution in [0.3, 0.4) is 0 Å². The van der Waals surface area contributed by atoms with Crippen LogP contribution in [0.5, 0.6) is 0 Å². The van der Waals surface area contributed by atoms with E-state index < -0.39 is 5.97 Å². The van der Waals surface area contributed by atoms with Crippen molar-refractivity contribution in [1.29, 1.82) is 0 Å². The molecule has 19 heavy (non-hydrogen) atoms. The van der Waals surface area contributed by atoms with Gasteiger partial charge in [-0.25, -0.2) is 0 Å². The van der Waals surface area contributed by atoms with Gasteiger partial charge in [-0.3, -0.25) is 9.69 Å². The van der Waals surface area contributed by atoms with Crippen molar-refractivity contribution in [1.82, 2.24) is 4.90 Å². The van der Waals surface area contributed by atoms with Crippen molar-refractivity contribution in [3.63, 3.8) is 0 Å². The van der Waals surface area contributed by atoms with Crippen LogP contribution in [0.4, 0.5) is 0 Å². The highest BCUT2D eigenvalue weighted by Gasteiger charge is 2.24. The number of carboxylic acid groups (broad SMARTS) is 1. The van der Waals surface area contributed by atoms with Crippen molar-refractivity contribution < 1.29 is 9.90 Å². The van der Waals surface area contributed by atoms with Crippen LogP contribution in [-0.2, 0) is 11.3 Å². The monoisotopic (exact) mass is 261 g/mol. The zero-order valence-corrected chi connectivity index (χ0v) is 12.1. The Morgan fingerprint density at radius 1 is 1.16 bits per heavy atom. The maximum Gasteiger partial charge on any atom is 0.306 e. The minimum Gasteiger partial charge on any atom is -0.481 e. The van der Waals surface area contributed by atoms with Crippen LogP contribution in [0.2, 0.25) is 0 Å². The molecule has 1 fully saturated rings. The quantitative estimate of drug-likeness (QED) is 0.909. The van der Waals surface area contributed by atoms with Crippen LogP contribution >= 0.6 is 0 Å². The first-order valence-corrected chi connectivity index (χ1v) is 6.99. The molecule has 3 nitrogen and oxygen atoms in total. The van der Waals surface area contributed by atoms with Crippen molar-refractivity contribution in [3.8, 4) is 0 Å².